The summed E-state index contributed by atoms with van der Waals surface area (Å²) in [6, 6.07) is 8.85. The molecule has 0 aromatic carbocycles. The van der Waals surface area contributed by atoms with Crippen molar-refractivity contribution in [2.24, 2.45) is 0 Å². The van der Waals surface area contributed by atoms with Crippen LogP contribution in [0.25, 0.3) is 15.3 Å². The Labute approximate surface area is 113 Å². The molecule has 1 nitrogen and oxygen atoms in total. The van der Waals surface area contributed by atoms with Crippen LogP contribution in [-0.4, -0.2) is 6.26 Å². The van der Waals surface area contributed by atoms with E-state index >= 15 is 0 Å². The van der Waals surface area contributed by atoms with Gasteiger partial charge in [-0.1, -0.05) is 29.2 Å². The molecule has 4 heteroatoms. The van der Waals surface area contributed by atoms with Gasteiger partial charge in [0.2, 0.25) is 5.03 Å². The molecule has 3 aromatic rings. The van der Waals surface area contributed by atoms with Crippen molar-refractivity contribution in [1.82, 2.24) is 0 Å². The van der Waals surface area contributed by atoms with Gasteiger partial charge in [0.1, 0.15) is 0 Å². The normalized spacial score (nSPS) is 11.2. The second-order valence-corrected chi connectivity index (χ2v) is 6.48. The lowest BCUT2D eigenvalue weighted by atomic mass is 10.2. The van der Waals surface area contributed by atoms with Gasteiger partial charge in [0.15, 0.2) is 5.69 Å². The summed E-state index contributed by atoms with van der Waals surface area (Å²) >= 11 is 5.41. The van der Waals surface area contributed by atoms with Gasteiger partial charge in [-0.25, -0.2) is 0 Å². The minimum absolute atomic E-state index is 1.31. The van der Waals surface area contributed by atoms with E-state index < -0.39 is 0 Å². The number of rotatable bonds is 2. The topological polar surface area (TPSA) is 4.10 Å². The van der Waals surface area contributed by atoms with E-state index in [2.05, 4.69) is 52.6 Å². The van der Waals surface area contributed by atoms with Crippen molar-refractivity contribution in [3.63, 3.8) is 0 Å². The van der Waals surface area contributed by atoms with Crippen LogP contribution in [0.1, 0.15) is 5.69 Å². The van der Waals surface area contributed by atoms with Crippen LogP contribution in [0.2, 0.25) is 0 Å². The molecule has 86 valence electrons. The largest absolute Gasteiger partial charge is 0.268 e. The van der Waals surface area contributed by atoms with Crippen molar-refractivity contribution in [3.8, 4) is 10.4 Å². The zero-order valence-corrected chi connectivity index (χ0v) is 12.1. The first-order valence-corrected chi connectivity index (χ1v) is 8.30. The second-order valence-electron chi connectivity index (χ2n) is 3.81. The Bertz CT molecular complexity index is 653. The number of thiazole rings is 1. The molecular weight excluding hydrogens is 266 g/mol. The molecule has 3 rings (SSSR count). The van der Waals surface area contributed by atoms with Crippen molar-refractivity contribution >= 4 is 39.3 Å². The van der Waals surface area contributed by atoms with Crippen LogP contribution >= 0.6 is 34.4 Å². The smallest absolute Gasteiger partial charge is 0.144 e. The number of pyridine rings is 1. The fourth-order valence-corrected chi connectivity index (χ4v) is 4.30. The molecule has 0 unspecified atom stereocenters. The highest BCUT2D eigenvalue weighted by Gasteiger charge is 2.17. The minimum atomic E-state index is 1.31. The first-order valence-electron chi connectivity index (χ1n) is 5.31. The number of thioether (sulfide) groups is 1. The maximum absolute atomic E-state index is 2.33. The van der Waals surface area contributed by atoms with E-state index in [1.165, 1.54) is 26.0 Å². The number of nitrogens with zero attached hydrogens (tertiary/aromatic N) is 1. The van der Waals surface area contributed by atoms with Gasteiger partial charge in [0.25, 0.3) is 4.83 Å². The van der Waals surface area contributed by atoms with Crippen molar-refractivity contribution in [3.05, 3.63) is 40.7 Å². The molecule has 0 radical (unpaired) electrons. The average molecular weight is 278 g/mol. The summed E-state index contributed by atoms with van der Waals surface area (Å²) < 4.78 is 2.33. The fraction of sp³-hybridized carbons (Fsp3) is 0.154. The van der Waals surface area contributed by atoms with Crippen LogP contribution in [0.3, 0.4) is 0 Å². The third-order valence-electron chi connectivity index (χ3n) is 2.72. The van der Waals surface area contributed by atoms with E-state index in [0.717, 1.165) is 0 Å². The molecule has 0 bridgehead atoms. The van der Waals surface area contributed by atoms with Crippen LogP contribution in [0, 0.1) is 6.92 Å². The quantitative estimate of drug-likeness (QED) is 0.501. The van der Waals surface area contributed by atoms with E-state index in [4.69, 9.17) is 0 Å². The third-order valence-corrected chi connectivity index (χ3v) is 5.36. The van der Waals surface area contributed by atoms with Crippen molar-refractivity contribution < 1.29 is 4.40 Å². The standard InChI is InChI=1S/C13H12NS3/c1-9-8-17-13-7-10(11-4-3-5-16-11)6-12(15-2)14(9)13/h3-8H,1-2H3/q+1. The van der Waals surface area contributed by atoms with Gasteiger partial charge in [-0.15, -0.1) is 15.7 Å². The maximum atomic E-state index is 2.33. The molecular formula is C13H12NS3+. The highest BCUT2D eigenvalue weighted by Crippen LogP contribution is 2.29. The number of hydrogen-bond acceptors (Lipinski definition) is 3. The van der Waals surface area contributed by atoms with E-state index in [1.54, 1.807) is 23.1 Å². The lowest BCUT2D eigenvalue weighted by molar-refractivity contribution is -0.558. The molecule has 0 fully saturated rings. The predicted molar refractivity (Wildman–Crippen MR) is 77.3 cm³/mol. The molecule has 0 spiro atoms. The summed E-state index contributed by atoms with van der Waals surface area (Å²) in [7, 11) is 0. The van der Waals surface area contributed by atoms with E-state index in [0.29, 0.717) is 0 Å². The summed E-state index contributed by atoms with van der Waals surface area (Å²) in [6.07, 6.45) is 2.14. The van der Waals surface area contributed by atoms with Crippen molar-refractivity contribution in [1.29, 1.82) is 0 Å². The molecule has 0 aliphatic carbocycles. The van der Waals surface area contributed by atoms with Crippen molar-refractivity contribution in [2.75, 3.05) is 6.26 Å². The number of thiophene rings is 1. The van der Waals surface area contributed by atoms with Crippen molar-refractivity contribution in [2.45, 2.75) is 11.9 Å². The second kappa shape index (κ2) is 4.44. The third kappa shape index (κ3) is 1.90. The van der Waals surface area contributed by atoms with Gasteiger partial charge >= 0.3 is 0 Å². The average Bonchev–Trinajstić information content (AvgIpc) is 2.98. The van der Waals surface area contributed by atoms with E-state index in [-0.39, 0.29) is 0 Å². The Balaban J connectivity index is 2.29. The predicted octanol–water partition coefficient (Wildman–Crippen LogP) is 4.25. The highest BCUT2D eigenvalue weighted by molar-refractivity contribution is 7.98. The van der Waals surface area contributed by atoms with Gasteiger partial charge in [-0.3, -0.25) is 0 Å². The SMILES string of the molecule is CSc1cc(-c2cccs2)cc2scc(C)[n+]12. The summed E-state index contributed by atoms with van der Waals surface area (Å²) in [6.45, 7) is 2.16. The van der Waals surface area contributed by atoms with Crippen LogP contribution < -0.4 is 4.40 Å². The molecule has 17 heavy (non-hydrogen) atoms. The number of aromatic nitrogens is 1. The first-order chi connectivity index (χ1) is 8.29. The number of aryl methyl sites for hydroxylation is 1. The summed E-state index contributed by atoms with van der Waals surface area (Å²) in [5.41, 5.74) is 2.64. The molecule has 0 saturated heterocycles. The monoisotopic (exact) mass is 278 g/mol. The van der Waals surface area contributed by atoms with Crippen LogP contribution in [0.15, 0.2) is 40.1 Å². The molecule has 3 heterocycles. The molecule has 3 aromatic heterocycles. The van der Waals surface area contributed by atoms with Crippen LogP contribution in [0.4, 0.5) is 0 Å². The minimum Gasteiger partial charge on any atom is -0.144 e. The van der Waals surface area contributed by atoms with Crippen LogP contribution in [-0.2, 0) is 0 Å². The van der Waals surface area contributed by atoms with Gasteiger partial charge in [-0.05, 0) is 17.7 Å². The van der Waals surface area contributed by atoms with Gasteiger partial charge < -0.3 is 0 Å². The molecule has 0 saturated carbocycles. The Kier molecular flexibility index (Phi) is 2.94. The molecule has 0 atom stereocenters. The van der Waals surface area contributed by atoms with Gasteiger partial charge in [0, 0.05) is 29.5 Å². The Morgan fingerprint density at radius 2 is 2.12 bits per heavy atom. The Morgan fingerprint density at radius 1 is 1.24 bits per heavy atom. The fourth-order valence-electron chi connectivity index (χ4n) is 1.91. The van der Waals surface area contributed by atoms with Gasteiger partial charge in [-0.2, -0.15) is 0 Å². The van der Waals surface area contributed by atoms with E-state index in [1.807, 2.05) is 11.3 Å². The van der Waals surface area contributed by atoms with E-state index in [9.17, 15) is 0 Å². The summed E-state index contributed by atoms with van der Waals surface area (Å²) in [5.74, 6) is 0. The summed E-state index contributed by atoms with van der Waals surface area (Å²) in [4.78, 5) is 2.66. The lowest BCUT2D eigenvalue weighted by Gasteiger charge is -1.99. The van der Waals surface area contributed by atoms with Crippen LogP contribution in [0.5, 0.6) is 0 Å². The first kappa shape index (κ1) is 11.3. The maximum Gasteiger partial charge on any atom is 0.268 e. The Morgan fingerprint density at radius 3 is 2.82 bits per heavy atom. The summed E-state index contributed by atoms with van der Waals surface area (Å²) in [5, 5.41) is 5.66. The Hall–Kier alpha value is -0.840. The molecule has 0 aliphatic heterocycles. The number of fused-ring (bicyclic) bond motifs is 1. The molecule has 0 N–H and O–H groups in total. The number of hydrogen-bond donors (Lipinski definition) is 0. The zero-order chi connectivity index (χ0) is 11.8. The highest BCUT2D eigenvalue weighted by atomic mass is 32.2. The lowest BCUT2D eigenvalue weighted by Crippen LogP contribution is -2.24. The molecule has 0 amide bonds. The molecule has 0 aliphatic rings. The van der Waals surface area contributed by atoms with Gasteiger partial charge in [0.05, 0.1) is 5.38 Å². The zero-order valence-electron chi connectivity index (χ0n) is 9.64.